The molecule has 3 nitrogen and oxygen atoms in total. The zero-order valence-electron chi connectivity index (χ0n) is 13.0. The summed E-state index contributed by atoms with van der Waals surface area (Å²) in [6, 6.07) is 8.42. The first kappa shape index (κ1) is 14.2. The van der Waals surface area contributed by atoms with Gasteiger partial charge in [0.2, 0.25) is 0 Å². The van der Waals surface area contributed by atoms with Gasteiger partial charge in [-0.3, -0.25) is 0 Å². The van der Waals surface area contributed by atoms with E-state index in [4.69, 9.17) is 12.2 Å². The van der Waals surface area contributed by atoms with Gasteiger partial charge in [-0.15, -0.1) is 0 Å². The van der Waals surface area contributed by atoms with Crippen molar-refractivity contribution in [1.82, 2.24) is 9.47 Å². The summed E-state index contributed by atoms with van der Waals surface area (Å²) in [5.74, 6) is 0.547. The largest absolute Gasteiger partial charge is 0.387 e. The van der Waals surface area contributed by atoms with E-state index in [1.165, 1.54) is 29.3 Å². The molecule has 0 radical (unpaired) electrons. The number of rotatable bonds is 0. The van der Waals surface area contributed by atoms with Crippen LogP contribution in [0.3, 0.4) is 0 Å². The Bertz CT molecular complexity index is 736. The lowest BCUT2D eigenvalue weighted by atomic mass is 9.91. The predicted octanol–water partition coefficient (Wildman–Crippen LogP) is 3.20. The maximum absolute atomic E-state index is 10.9. The van der Waals surface area contributed by atoms with E-state index in [0.717, 1.165) is 36.6 Å². The second-order valence-corrected chi connectivity index (χ2v) is 7.19. The van der Waals surface area contributed by atoms with Crippen LogP contribution < -0.4 is 0 Å². The maximum atomic E-state index is 10.9. The molecule has 2 atom stereocenters. The molecule has 116 valence electrons. The average Bonchev–Trinajstić information content (AvgIpc) is 2.81. The molecule has 1 aromatic carbocycles. The summed E-state index contributed by atoms with van der Waals surface area (Å²) >= 11 is 5.74. The first-order chi connectivity index (χ1) is 10.6. The van der Waals surface area contributed by atoms with Crippen molar-refractivity contribution in [2.24, 2.45) is 13.0 Å². The van der Waals surface area contributed by atoms with Crippen LogP contribution in [0.5, 0.6) is 0 Å². The molecule has 2 aliphatic heterocycles. The van der Waals surface area contributed by atoms with Crippen molar-refractivity contribution in [3.63, 3.8) is 0 Å². The van der Waals surface area contributed by atoms with Gasteiger partial charge < -0.3 is 14.6 Å². The number of hydrogen-bond acceptors (Lipinski definition) is 2. The van der Waals surface area contributed by atoms with Crippen molar-refractivity contribution in [2.45, 2.75) is 31.8 Å². The number of aliphatic hydroxyl groups is 1. The minimum absolute atomic E-state index is 0.391. The van der Waals surface area contributed by atoms with Crippen LogP contribution in [0.1, 0.15) is 36.6 Å². The lowest BCUT2D eigenvalue weighted by molar-refractivity contribution is 0.116. The molecule has 22 heavy (non-hydrogen) atoms. The lowest BCUT2D eigenvalue weighted by Gasteiger charge is -2.34. The number of hydrogen-bond donors (Lipinski definition) is 1. The molecule has 0 saturated carbocycles. The zero-order chi connectivity index (χ0) is 15.3. The molecule has 2 aromatic rings. The van der Waals surface area contributed by atoms with Crippen molar-refractivity contribution in [3.05, 3.63) is 35.5 Å². The second kappa shape index (κ2) is 5.36. The molecule has 2 unspecified atom stereocenters. The van der Waals surface area contributed by atoms with Gasteiger partial charge in [-0.25, -0.2) is 0 Å². The SMILES string of the molecule is Cn1c2c(c3ccccc31)CC(=S)N1CCCC(CC2O)C1. The molecular weight excluding hydrogens is 292 g/mol. The first-order valence-electron chi connectivity index (χ1n) is 8.17. The minimum Gasteiger partial charge on any atom is -0.387 e. The molecule has 1 aromatic heterocycles. The number of fused-ring (bicyclic) bond motifs is 5. The standard InChI is InChI=1S/C18H22N2OS/c1-19-15-7-3-2-6-13(15)14-10-17(22)20-8-4-5-12(11-20)9-16(21)18(14)19/h2-3,6-7,12,16,21H,4-5,8-11H2,1H3. The lowest BCUT2D eigenvalue weighted by Crippen LogP contribution is -2.39. The average molecular weight is 314 g/mol. The maximum Gasteiger partial charge on any atom is 0.0946 e. The Labute approximate surface area is 136 Å². The van der Waals surface area contributed by atoms with Gasteiger partial charge in [-0.2, -0.15) is 0 Å². The fraction of sp³-hybridized carbons (Fsp3) is 0.500. The molecule has 0 aliphatic carbocycles. The van der Waals surface area contributed by atoms with E-state index in [2.05, 4.69) is 40.8 Å². The molecule has 0 spiro atoms. The molecule has 2 aliphatic rings. The Kier molecular flexibility index (Phi) is 3.46. The van der Waals surface area contributed by atoms with Crippen molar-refractivity contribution >= 4 is 28.1 Å². The highest BCUT2D eigenvalue weighted by atomic mass is 32.1. The highest BCUT2D eigenvalue weighted by molar-refractivity contribution is 7.80. The van der Waals surface area contributed by atoms with E-state index in [1.54, 1.807) is 0 Å². The molecule has 1 saturated heterocycles. The summed E-state index contributed by atoms with van der Waals surface area (Å²) in [5, 5.41) is 12.1. The van der Waals surface area contributed by atoms with E-state index < -0.39 is 6.10 Å². The zero-order valence-corrected chi connectivity index (χ0v) is 13.8. The fourth-order valence-electron chi connectivity index (χ4n) is 4.28. The smallest absolute Gasteiger partial charge is 0.0946 e. The van der Waals surface area contributed by atoms with E-state index in [0.29, 0.717) is 5.92 Å². The summed E-state index contributed by atoms with van der Waals surface area (Å²) in [7, 11) is 2.07. The predicted molar refractivity (Wildman–Crippen MR) is 93.1 cm³/mol. The summed E-state index contributed by atoms with van der Waals surface area (Å²) in [5.41, 5.74) is 3.48. The number of thiocarbonyl (C=S) groups is 1. The van der Waals surface area contributed by atoms with E-state index >= 15 is 0 Å². The number of aryl methyl sites for hydroxylation is 1. The second-order valence-electron chi connectivity index (χ2n) is 6.72. The highest BCUT2D eigenvalue weighted by Crippen LogP contribution is 2.36. The molecular formula is C18H22N2OS. The monoisotopic (exact) mass is 314 g/mol. The van der Waals surface area contributed by atoms with Crippen molar-refractivity contribution in [2.75, 3.05) is 13.1 Å². The van der Waals surface area contributed by atoms with Crippen molar-refractivity contribution in [1.29, 1.82) is 0 Å². The van der Waals surface area contributed by atoms with E-state index in [9.17, 15) is 5.11 Å². The molecule has 0 amide bonds. The third-order valence-corrected chi connectivity index (χ3v) is 5.74. The number of piperidine rings is 1. The Morgan fingerprint density at radius 3 is 2.95 bits per heavy atom. The van der Waals surface area contributed by atoms with Gasteiger partial charge in [-0.1, -0.05) is 30.4 Å². The van der Waals surface area contributed by atoms with Crippen LogP contribution in [-0.4, -0.2) is 32.7 Å². The molecule has 1 N–H and O–H groups in total. The van der Waals surface area contributed by atoms with Crippen LogP contribution in [0.4, 0.5) is 0 Å². The summed E-state index contributed by atoms with van der Waals surface area (Å²) < 4.78 is 2.17. The van der Waals surface area contributed by atoms with Crippen LogP contribution in [-0.2, 0) is 13.5 Å². The first-order valence-corrected chi connectivity index (χ1v) is 8.58. The fourth-order valence-corrected chi connectivity index (χ4v) is 4.59. The van der Waals surface area contributed by atoms with Gasteiger partial charge in [-0.05, 0) is 36.8 Å². The summed E-state index contributed by atoms with van der Waals surface area (Å²) in [6.07, 6.45) is 3.62. The van der Waals surface area contributed by atoms with Crippen LogP contribution in [0, 0.1) is 5.92 Å². The third kappa shape index (κ3) is 2.17. The van der Waals surface area contributed by atoms with Crippen LogP contribution in [0.15, 0.2) is 24.3 Å². The van der Waals surface area contributed by atoms with Crippen LogP contribution in [0.2, 0.25) is 0 Å². The van der Waals surface area contributed by atoms with Gasteiger partial charge in [0.1, 0.15) is 0 Å². The number of para-hydroxylation sites is 1. The molecule has 1 fully saturated rings. The van der Waals surface area contributed by atoms with E-state index in [-0.39, 0.29) is 0 Å². The number of benzene rings is 1. The van der Waals surface area contributed by atoms with Gasteiger partial charge >= 0.3 is 0 Å². The van der Waals surface area contributed by atoms with E-state index in [1.807, 2.05) is 0 Å². The van der Waals surface area contributed by atoms with Gasteiger partial charge in [0.15, 0.2) is 0 Å². The van der Waals surface area contributed by atoms with Crippen LogP contribution >= 0.6 is 12.2 Å². The Morgan fingerprint density at radius 1 is 1.27 bits per heavy atom. The Hall–Kier alpha value is -1.39. The third-order valence-electron chi connectivity index (χ3n) is 5.33. The van der Waals surface area contributed by atoms with Crippen molar-refractivity contribution < 1.29 is 5.11 Å². The number of nitrogens with zero attached hydrogens (tertiary/aromatic N) is 2. The topological polar surface area (TPSA) is 28.4 Å². The molecule has 2 bridgehead atoms. The molecule has 4 heteroatoms. The highest BCUT2D eigenvalue weighted by Gasteiger charge is 2.30. The summed E-state index contributed by atoms with van der Waals surface area (Å²) in [6.45, 7) is 2.09. The molecule has 3 heterocycles. The Morgan fingerprint density at radius 2 is 2.09 bits per heavy atom. The van der Waals surface area contributed by atoms with Gasteiger partial charge in [0.25, 0.3) is 0 Å². The Balaban J connectivity index is 1.90. The normalized spacial score (nSPS) is 25.5. The summed E-state index contributed by atoms with van der Waals surface area (Å²) in [4.78, 5) is 3.41. The van der Waals surface area contributed by atoms with Crippen LogP contribution in [0.25, 0.3) is 10.9 Å². The number of aliphatic hydroxyl groups excluding tert-OH is 1. The number of aromatic nitrogens is 1. The minimum atomic E-state index is -0.391. The van der Waals surface area contributed by atoms with Crippen molar-refractivity contribution in [3.8, 4) is 0 Å². The van der Waals surface area contributed by atoms with Gasteiger partial charge in [0.05, 0.1) is 16.8 Å². The quantitative estimate of drug-likeness (QED) is 0.757. The molecule has 4 rings (SSSR count). The van der Waals surface area contributed by atoms with Gasteiger partial charge in [0, 0.05) is 37.5 Å².